The number of hydrogen-bond acceptors (Lipinski definition) is 3. The highest BCUT2D eigenvalue weighted by Gasteiger charge is 2.19. The van der Waals surface area contributed by atoms with Crippen molar-refractivity contribution in [2.45, 2.75) is 19.0 Å². The molecule has 1 aromatic carbocycles. The monoisotopic (exact) mass is 350 g/mol. The van der Waals surface area contributed by atoms with E-state index < -0.39 is 18.0 Å². The van der Waals surface area contributed by atoms with Crippen molar-refractivity contribution in [3.63, 3.8) is 0 Å². The lowest BCUT2D eigenvalue weighted by Crippen LogP contribution is -2.46. The lowest BCUT2D eigenvalue weighted by molar-refractivity contribution is -0.139. The predicted octanol–water partition coefficient (Wildman–Crippen LogP) is 3.00. The largest absolute Gasteiger partial charge is 0.480 e. The third kappa shape index (κ3) is 6.03. The molecule has 8 heteroatoms. The predicted molar refractivity (Wildman–Crippen MR) is 86.3 cm³/mol. The van der Waals surface area contributed by atoms with Crippen LogP contribution in [0.5, 0.6) is 0 Å². The molecule has 2 amide bonds. The molecule has 21 heavy (non-hydrogen) atoms. The standard InChI is InChI=1S/C13H16Cl2N2O3S/c1-21-6-5-11(12(18)19)17-13(20)16-7-8-9(14)3-2-4-10(8)15/h2-4,11H,5-7H2,1H3,(H,18,19)(H2,16,17,20). The minimum atomic E-state index is -1.06. The third-order valence-electron chi connectivity index (χ3n) is 2.70. The normalized spacial score (nSPS) is 11.8. The van der Waals surface area contributed by atoms with Gasteiger partial charge < -0.3 is 15.7 Å². The first-order valence-electron chi connectivity index (χ1n) is 6.14. The Bertz CT molecular complexity index is 494. The third-order valence-corrected chi connectivity index (χ3v) is 4.05. The van der Waals surface area contributed by atoms with Crippen LogP contribution in [0, 0.1) is 0 Å². The van der Waals surface area contributed by atoms with Gasteiger partial charge in [0.2, 0.25) is 0 Å². The number of carboxylic acid groups (broad SMARTS) is 1. The van der Waals surface area contributed by atoms with Crippen LogP contribution < -0.4 is 10.6 Å². The van der Waals surface area contributed by atoms with Crippen molar-refractivity contribution in [1.82, 2.24) is 10.6 Å². The van der Waals surface area contributed by atoms with Crippen LogP contribution in [0.15, 0.2) is 18.2 Å². The van der Waals surface area contributed by atoms with E-state index in [-0.39, 0.29) is 6.54 Å². The Labute approximate surface area is 137 Å². The maximum Gasteiger partial charge on any atom is 0.326 e. The zero-order valence-corrected chi connectivity index (χ0v) is 13.7. The van der Waals surface area contributed by atoms with Crippen LogP contribution in [-0.4, -0.2) is 35.2 Å². The van der Waals surface area contributed by atoms with Gasteiger partial charge >= 0.3 is 12.0 Å². The number of hydrogen-bond donors (Lipinski definition) is 3. The van der Waals surface area contributed by atoms with Crippen LogP contribution in [0.4, 0.5) is 4.79 Å². The maximum atomic E-state index is 11.7. The van der Waals surface area contributed by atoms with E-state index in [1.54, 1.807) is 18.2 Å². The van der Waals surface area contributed by atoms with Crippen LogP contribution in [0.2, 0.25) is 10.0 Å². The summed E-state index contributed by atoms with van der Waals surface area (Å²) in [5.74, 6) is -0.414. The van der Waals surface area contributed by atoms with Gasteiger partial charge in [0.05, 0.1) is 0 Å². The van der Waals surface area contributed by atoms with E-state index in [0.29, 0.717) is 27.8 Å². The van der Waals surface area contributed by atoms with Crippen molar-refractivity contribution in [2.75, 3.05) is 12.0 Å². The highest BCUT2D eigenvalue weighted by Crippen LogP contribution is 2.23. The number of rotatable bonds is 7. The van der Waals surface area contributed by atoms with Crippen LogP contribution in [0.3, 0.4) is 0 Å². The number of benzene rings is 1. The number of nitrogens with one attached hydrogen (secondary N) is 2. The van der Waals surface area contributed by atoms with Gasteiger partial charge in [0.15, 0.2) is 0 Å². The first-order valence-corrected chi connectivity index (χ1v) is 8.29. The molecule has 0 aliphatic rings. The number of thioether (sulfide) groups is 1. The number of aliphatic carboxylic acids is 1. The van der Waals surface area contributed by atoms with Gasteiger partial charge in [-0.2, -0.15) is 11.8 Å². The van der Waals surface area contributed by atoms with Gasteiger partial charge in [-0.05, 0) is 30.6 Å². The zero-order chi connectivity index (χ0) is 15.8. The van der Waals surface area contributed by atoms with Crippen LogP contribution in [0.1, 0.15) is 12.0 Å². The van der Waals surface area contributed by atoms with E-state index in [1.807, 2.05) is 6.26 Å². The molecule has 0 aliphatic heterocycles. The first kappa shape index (κ1) is 17.9. The summed E-state index contributed by atoms with van der Waals surface area (Å²) in [6.07, 6.45) is 2.23. The molecular weight excluding hydrogens is 335 g/mol. The molecule has 3 N–H and O–H groups in total. The van der Waals surface area contributed by atoms with Gasteiger partial charge in [0.1, 0.15) is 6.04 Å². The summed E-state index contributed by atoms with van der Waals surface area (Å²) in [5, 5.41) is 14.9. The quantitative estimate of drug-likeness (QED) is 0.706. The second kappa shape index (κ2) is 9.02. The lowest BCUT2D eigenvalue weighted by Gasteiger charge is -2.15. The van der Waals surface area contributed by atoms with Crippen LogP contribution in [-0.2, 0) is 11.3 Å². The highest BCUT2D eigenvalue weighted by molar-refractivity contribution is 7.98. The number of urea groups is 1. The molecule has 0 saturated carbocycles. The van der Waals surface area contributed by atoms with Gasteiger partial charge in [-0.3, -0.25) is 0 Å². The summed E-state index contributed by atoms with van der Waals surface area (Å²) in [7, 11) is 0. The van der Waals surface area contributed by atoms with Gasteiger partial charge in [-0.25, -0.2) is 9.59 Å². The fourth-order valence-electron chi connectivity index (χ4n) is 1.57. The van der Waals surface area contributed by atoms with E-state index in [1.165, 1.54) is 11.8 Å². The SMILES string of the molecule is CSCCC(NC(=O)NCc1c(Cl)cccc1Cl)C(=O)O. The Kier molecular flexibility index (Phi) is 7.71. The Morgan fingerprint density at radius 2 is 1.95 bits per heavy atom. The Balaban J connectivity index is 2.55. The first-order chi connectivity index (χ1) is 9.95. The van der Waals surface area contributed by atoms with Crippen molar-refractivity contribution in [1.29, 1.82) is 0 Å². The molecule has 1 unspecified atom stereocenters. The van der Waals surface area contributed by atoms with Gasteiger partial charge in [0.25, 0.3) is 0 Å². The molecule has 0 spiro atoms. The lowest BCUT2D eigenvalue weighted by atomic mass is 10.2. The Hall–Kier alpha value is -1.11. The molecule has 0 heterocycles. The number of carboxylic acids is 1. The number of halogens is 2. The second-order valence-electron chi connectivity index (χ2n) is 4.20. The molecule has 0 aromatic heterocycles. The van der Waals surface area contributed by atoms with Crippen molar-refractivity contribution in [3.05, 3.63) is 33.8 Å². The Morgan fingerprint density at radius 3 is 2.48 bits per heavy atom. The molecule has 1 rings (SSSR count). The summed E-state index contributed by atoms with van der Waals surface area (Å²) < 4.78 is 0. The smallest absolute Gasteiger partial charge is 0.326 e. The number of amides is 2. The Morgan fingerprint density at radius 1 is 1.33 bits per heavy atom. The number of carbonyl (C=O) groups excluding carboxylic acids is 1. The molecule has 0 aliphatic carbocycles. The fraction of sp³-hybridized carbons (Fsp3) is 0.385. The highest BCUT2D eigenvalue weighted by atomic mass is 35.5. The van der Waals surface area contributed by atoms with Crippen molar-refractivity contribution >= 4 is 47.0 Å². The summed E-state index contributed by atoms with van der Waals surface area (Å²) in [4.78, 5) is 22.8. The van der Waals surface area contributed by atoms with E-state index >= 15 is 0 Å². The molecule has 5 nitrogen and oxygen atoms in total. The molecule has 0 fully saturated rings. The molecule has 1 aromatic rings. The average Bonchev–Trinajstić information content (AvgIpc) is 2.42. The van der Waals surface area contributed by atoms with Crippen LogP contribution >= 0.6 is 35.0 Å². The molecule has 0 radical (unpaired) electrons. The summed E-state index contributed by atoms with van der Waals surface area (Å²) in [6, 6.07) is 3.55. The van der Waals surface area contributed by atoms with Gasteiger partial charge in [-0.1, -0.05) is 29.3 Å². The molecule has 116 valence electrons. The van der Waals surface area contributed by atoms with Crippen molar-refractivity contribution in [3.8, 4) is 0 Å². The van der Waals surface area contributed by atoms with Crippen LogP contribution in [0.25, 0.3) is 0 Å². The van der Waals surface area contributed by atoms with Gasteiger partial charge in [0, 0.05) is 22.2 Å². The summed E-state index contributed by atoms with van der Waals surface area (Å²) >= 11 is 13.5. The minimum absolute atomic E-state index is 0.124. The van der Waals surface area contributed by atoms with E-state index in [0.717, 1.165) is 0 Å². The maximum absolute atomic E-state index is 11.7. The topological polar surface area (TPSA) is 78.4 Å². The van der Waals surface area contributed by atoms with Crippen molar-refractivity contribution < 1.29 is 14.7 Å². The van der Waals surface area contributed by atoms with E-state index in [2.05, 4.69) is 10.6 Å². The zero-order valence-electron chi connectivity index (χ0n) is 11.4. The van der Waals surface area contributed by atoms with E-state index in [9.17, 15) is 9.59 Å². The molecule has 0 bridgehead atoms. The second-order valence-corrected chi connectivity index (χ2v) is 6.00. The fourth-order valence-corrected chi connectivity index (χ4v) is 2.57. The summed E-state index contributed by atoms with van der Waals surface area (Å²) in [5.41, 5.74) is 0.590. The molecule has 1 atom stereocenters. The minimum Gasteiger partial charge on any atom is -0.480 e. The van der Waals surface area contributed by atoms with E-state index in [4.69, 9.17) is 28.3 Å². The number of carbonyl (C=O) groups is 2. The molecular formula is C13H16Cl2N2O3S. The average molecular weight is 351 g/mol. The summed E-state index contributed by atoms with van der Waals surface area (Å²) in [6.45, 7) is 0.124. The van der Waals surface area contributed by atoms with Gasteiger partial charge in [-0.15, -0.1) is 0 Å². The van der Waals surface area contributed by atoms with Crippen molar-refractivity contribution in [2.24, 2.45) is 0 Å². The molecule has 0 saturated heterocycles.